The number of hydrogen-bond acceptors (Lipinski definition) is 3. The van der Waals surface area contributed by atoms with E-state index in [2.05, 4.69) is 5.32 Å². The third-order valence-corrected chi connectivity index (χ3v) is 4.39. The number of carbonyl (C=O) groups is 2. The number of nitrogens with one attached hydrogen (secondary N) is 1. The second-order valence-corrected chi connectivity index (χ2v) is 5.81. The average molecular weight is 279 g/mol. The summed E-state index contributed by atoms with van der Waals surface area (Å²) in [6.07, 6.45) is 6.21. The third-order valence-electron chi connectivity index (χ3n) is 3.49. The molecule has 1 saturated carbocycles. The minimum atomic E-state index is -0.988. The first-order chi connectivity index (χ1) is 9.06. The van der Waals surface area contributed by atoms with Crippen LogP contribution in [0.3, 0.4) is 0 Å². The van der Waals surface area contributed by atoms with Gasteiger partial charge in [-0.15, -0.1) is 11.3 Å². The van der Waals surface area contributed by atoms with Crippen LogP contribution in [0.2, 0.25) is 0 Å². The second kappa shape index (κ2) is 6.02. The van der Waals surface area contributed by atoms with Crippen LogP contribution < -0.4 is 5.32 Å². The Hall–Kier alpha value is -1.62. The van der Waals surface area contributed by atoms with Crippen LogP contribution in [-0.2, 0) is 4.79 Å². The fourth-order valence-electron chi connectivity index (χ4n) is 2.06. The van der Waals surface area contributed by atoms with Gasteiger partial charge < -0.3 is 10.4 Å². The van der Waals surface area contributed by atoms with Crippen molar-refractivity contribution in [3.63, 3.8) is 0 Å². The molecule has 102 valence electrons. The first kappa shape index (κ1) is 13.8. The summed E-state index contributed by atoms with van der Waals surface area (Å²) in [4.78, 5) is 23.2. The molecule has 0 bridgehead atoms. The maximum absolute atomic E-state index is 12.0. The van der Waals surface area contributed by atoms with Gasteiger partial charge in [-0.3, -0.25) is 4.79 Å². The SMILES string of the molecule is CC(NC(=O)c1csc(/C=C/C(=O)O)c1)C1CCC1. The fourth-order valence-corrected chi connectivity index (χ4v) is 2.84. The molecule has 1 unspecified atom stereocenters. The van der Waals surface area contributed by atoms with Gasteiger partial charge in [0.1, 0.15) is 0 Å². The zero-order valence-electron chi connectivity index (χ0n) is 10.8. The van der Waals surface area contributed by atoms with Gasteiger partial charge in [0.2, 0.25) is 0 Å². The molecule has 1 aliphatic rings. The van der Waals surface area contributed by atoms with Gasteiger partial charge in [-0.25, -0.2) is 4.79 Å². The van der Waals surface area contributed by atoms with E-state index in [-0.39, 0.29) is 11.9 Å². The average Bonchev–Trinajstić information content (AvgIpc) is 2.72. The predicted molar refractivity (Wildman–Crippen MR) is 75.3 cm³/mol. The lowest BCUT2D eigenvalue weighted by molar-refractivity contribution is -0.131. The molecule has 5 heteroatoms. The Balaban J connectivity index is 1.93. The number of carboxylic acid groups (broad SMARTS) is 1. The van der Waals surface area contributed by atoms with Gasteiger partial charge in [0, 0.05) is 22.4 Å². The van der Waals surface area contributed by atoms with E-state index in [1.807, 2.05) is 6.92 Å². The first-order valence-electron chi connectivity index (χ1n) is 6.36. The van der Waals surface area contributed by atoms with Gasteiger partial charge in [0.15, 0.2) is 0 Å². The molecule has 1 amide bonds. The van der Waals surface area contributed by atoms with Crippen LogP contribution in [0.1, 0.15) is 41.4 Å². The molecule has 0 aliphatic heterocycles. The molecule has 2 N–H and O–H groups in total. The molecule has 1 aromatic rings. The summed E-state index contributed by atoms with van der Waals surface area (Å²) in [6.45, 7) is 2.04. The van der Waals surface area contributed by atoms with Crippen LogP contribution in [0.15, 0.2) is 17.5 Å². The molecular formula is C14H17NO3S. The number of hydrogen-bond donors (Lipinski definition) is 2. The van der Waals surface area contributed by atoms with Crippen LogP contribution in [-0.4, -0.2) is 23.0 Å². The van der Waals surface area contributed by atoms with Gasteiger partial charge >= 0.3 is 5.97 Å². The molecular weight excluding hydrogens is 262 g/mol. The molecule has 1 aromatic heterocycles. The van der Waals surface area contributed by atoms with Crippen LogP contribution in [0, 0.1) is 5.92 Å². The van der Waals surface area contributed by atoms with Crippen molar-refractivity contribution in [2.45, 2.75) is 32.2 Å². The molecule has 1 aliphatic carbocycles. The Labute approximate surface area is 116 Å². The molecule has 0 radical (unpaired) electrons. The van der Waals surface area contributed by atoms with Gasteiger partial charge in [0.25, 0.3) is 5.91 Å². The lowest BCUT2D eigenvalue weighted by atomic mass is 9.80. The standard InChI is InChI=1S/C14H17NO3S/c1-9(10-3-2-4-10)15-14(18)11-7-12(19-8-11)5-6-13(16)17/h5-10H,2-4H2,1H3,(H,15,18)(H,16,17)/b6-5+. The molecule has 1 atom stereocenters. The van der Waals surface area contributed by atoms with Crippen LogP contribution in [0.4, 0.5) is 0 Å². The van der Waals surface area contributed by atoms with E-state index in [0.717, 1.165) is 11.0 Å². The van der Waals surface area contributed by atoms with E-state index in [4.69, 9.17) is 5.11 Å². The van der Waals surface area contributed by atoms with Crippen molar-refractivity contribution >= 4 is 29.3 Å². The van der Waals surface area contributed by atoms with Crippen molar-refractivity contribution in [1.82, 2.24) is 5.32 Å². The van der Waals surface area contributed by atoms with Crippen molar-refractivity contribution in [1.29, 1.82) is 0 Å². The normalized spacial score (nSPS) is 17.1. The van der Waals surface area contributed by atoms with Crippen molar-refractivity contribution < 1.29 is 14.7 Å². The number of amides is 1. The van der Waals surface area contributed by atoms with E-state index in [1.54, 1.807) is 11.4 Å². The molecule has 1 fully saturated rings. The molecule has 2 rings (SSSR count). The van der Waals surface area contributed by atoms with Crippen LogP contribution >= 0.6 is 11.3 Å². The minimum Gasteiger partial charge on any atom is -0.478 e. The summed E-state index contributed by atoms with van der Waals surface area (Å²) in [7, 11) is 0. The highest BCUT2D eigenvalue weighted by atomic mass is 32.1. The van der Waals surface area contributed by atoms with Crippen molar-refractivity contribution in [2.75, 3.05) is 0 Å². The Bertz CT molecular complexity index is 503. The highest BCUT2D eigenvalue weighted by Crippen LogP contribution is 2.29. The third kappa shape index (κ3) is 3.67. The lowest BCUT2D eigenvalue weighted by Crippen LogP contribution is -2.40. The molecule has 0 spiro atoms. The Morgan fingerprint density at radius 1 is 1.53 bits per heavy atom. The fraction of sp³-hybridized carbons (Fsp3) is 0.429. The van der Waals surface area contributed by atoms with Crippen LogP contribution in [0.25, 0.3) is 6.08 Å². The van der Waals surface area contributed by atoms with E-state index in [9.17, 15) is 9.59 Å². The van der Waals surface area contributed by atoms with Gasteiger partial charge in [-0.1, -0.05) is 6.42 Å². The summed E-state index contributed by atoms with van der Waals surface area (Å²) in [5.41, 5.74) is 0.598. The zero-order valence-corrected chi connectivity index (χ0v) is 11.6. The molecule has 0 saturated heterocycles. The first-order valence-corrected chi connectivity index (χ1v) is 7.24. The second-order valence-electron chi connectivity index (χ2n) is 4.86. The van der Waals surface area contributed by atoms with Crippen molar-refractivity contribution in [3.8, 4) is 0 Å². The Morgan fingerprint density at radius 2 is 2.26 bits per heavy atom. The molecule has 0 aromatic carbocycles. The van der Waals surface area contributed by atoms with Gasteiger partial charge in [-0.05, 0) is 37.8 Å². The Kier molecular flexibility index (Phi) is 4.37. The number of aliphatic carboxylic acids is 1. The summed E-state index contributed by atoms with van der Waals surface area (Å²) >= 11 is 1.36. The maximum atomic E-state index is 12.0. The summed E-state index contributed by atoms with van der Waals surface area (Å²) < 4.78 is 0. The summed E-state index contributed by atoms with van der Waals surface area (Å²) in [5, 5.41) is 13.3. The smallest absolute Gasteiger partial charge is 0.328 e. The van der Waals surface area contributed by atoms with E-state index < -0.39 is 5.97 Å². The Morgan fingerprint density at radius 3 is 2.84 bits per heavy atom. The number of carbonyl (C=O) groups excluding carboxylic acids is 1. The van der Waals surface area contributed by atoms with E-state index >= 15 is 0 Å². The predicted octanol–water partition coefficient (Wildman–Crippen LogP) is 2.76. The number of carboxylic acids is 1. The largest absolute Gasteiger partial charge is 0.478 e. The molecule has 4 nitrogen and oxygen atoms in total. The summed E-state index contributed by atoms with van der Waals surface area (Å²) in [5.74, 6) is -0.461. The number of thiophene rings is 1. The molecule has 19 heavy (non-hydrogen) atoms. The van der Waals surface area contributed by atoms with Gasteiger partial charge in [0.05, 0.1) is 5.56 Å². The minimum absolute atomic E-state index is 0.0781. The highest BCUT2D eigenvalue weighted by molar-refractivity contribution is 7.11. The highest BCUT2D eigenvalue weighted by Gasteiger charge is 2.25. The van der Waals surface area contributed by atoms with Crippen molar-refractivity contribution in [2.24, 2.45) is 5.92 Å². The topological polar surface area (TPSA) is 66.4 Å². The summed E-state index contributed by atoms with van der Waals surface area (Å²) in [6, 6.07) is 1.92. The lowest BCUT2D eigenvalue weighted by Gasteiger charge is -2.31. The van der Waals surface area contributed by atoms with E-state index in [0.29, 0.717) is 11.5 Å². The van der Waals surface area contributed by atoms with Crippen molar-refractivity contribution in [3.05, 3.63) is 28.0 Å². The molecule has 1 heterocycles. The quantitative estimate of drug-likeness (QED) is 0.814. The maximum Gasteiger partial charge on any atom is 0.328 e. The van der Waals surface area contributed by atoms with Gasteiger partial charge in [-0.2, -0.15) is 0 Å². The zero-order chi connectivity index (χ0) is 13.8. The van der Waals surface area contributed by atoms with Crippen LogP contribution in [0.5, 0.6) is 0 Å². The monoisotopic (exact) mass is 279 g/mol. The number of rotatable bonds is 5. The van der Waals surface area contributed by atoms with E-state index in [1.165, 1.54) is 36.7 Å².